The van der Waals surface area contributed by atoms with Crippen LogP contribution in [0.4, 0.5) is 0 Å². The number of aryl methyl sites for hydroxylation is 2. The van der Waals surface area contributed by atoms with Crippen LogP contribution in [0.1, 0.15) is 37.4 Å². The molecule has 3 aromatic carbocycles. The van der Waals surface area contributed by atoms with Crippen LogP contribution < -0.4 is 0 Å². The second kappa shape index (κ2) is 8.28. The highest BCUT2D eigenvalue weighted by Gasteiger charge is 2.17. The van der Waals surface area contributed by atoms with Crippen molar-refractivity contribution >= 4 is 33.1 Å². The van der Waals surface area contributed by atoms with Gasteiger partial charge in [-0.15, -0.1) is 0 Å². The number of Topliss-reactive ketones (excluding diaryl/α,β-unsaturated/α-hetero) is 1. The molecule has 0 bridgehead atoms. The second-order valence-electron chi connectivity index (χ2n) is 6.49. The zero-order chi connectivity index (χ0) is 19.4. The molecule has 0 heterocycles. The minimum atomic E-state index is -0.187. The van der Waals surface area contributed by atoms with Gasteiger partial charge in [0.2, 0.25) is 0 Å². The fourth-order valence-electron chi connectivity index (χ4n) is 2.70. The first kappa shape index (κ1) is 19.0. The lowest BCUT2D eigenvalue weighted by Crippen LogP contribution is -2.06. The molecule has 0 fully saturated rings. The van der Waals surface area contributed by atoms with Gasteiger partial charge in [-0.2, -0.15) is 0 Å². The second-order valence-corrected chi connectivity index (χ2v) is 7.41. The standard InChI is InChI=1S/C24H19BrO2/c1-16-3-7-19(8-4-16)23(26)15-22(18-11-13-21(25)14-12-18)24(27)20-9-5-17(2)6-10-20/h3-15H,1-2H3/b22-15+. The lowest BCUT2D eigenvalue weighted by molar-refractivity contribution is 0.102. The van der Waals surface area contributed by atoms with Crippen molar-refractivity contribution in [2.45, 2.75) is 13.8 Å². The zero-order valence-electron chi connectivity index (χ0n) is 15.2. The van der Waals surface area contributed by atoms with E-state index in [0.29, 0.717) is 22.3 Å². The number of allylic oxidation sites excluding steroid dienone is 2. The summed E-state index contributed by atoms with van der Waals surface area (Å²) in [6, 6.07) is 22.1. The zero-order valence-corrected chi connectivity index (χ0v) is 16.8. The van der Waals surface area contributed by atoms with Crippen LogP contribution in [0.15, 0.2) is 83.3 Å². The fourth-order valence-corrected chi connectivity index (χ4v) is 2.97. The number of rotatable bonds is 5. The molecule has 0 aliphatic carbocycles. The molecule has 0 saturated heterocycles. The molecule has 3 rings (SSSR count). The summed E-state index contributed by atoms with van der Waals surface area (Å²) in [6.07, 6.45) is 1.44. The predicted molar refractivity (Wildman–Crippen MR) is 113 cm³/mol. The maximum absolute atomic E-state index is 13.1. The summed E-state index contributed by atoms with van der Waals surface area (Å²) in [7, 11) is 0. The quantitative estimate of drug-likeness (QED) is 0.364. The van der Waals surface area contributed by atoms with E-state index in [1.807, 2.05) is 62.4 Å². The van der Waals surface area contributed by atoms with Crippen LogP contribution in [0.25, 0.3) is 5.57 Å². The SMILES string of the molecule is Cc1ccc(C(=O)/C=C(/C(=O)c2ccc(C)cc2)c2ccc(Br)cc2)cc1. The third-order valence-corrected chi connectivity index (χ3v) is 4.85. The molecule has 27 heavy (non-hydrogen) atoms. The van der Waals surface area contributed by atoms with Crippen LogP contribution in [0, 0.1) is 13.8 Å². The number of hydrogen-bond donors (Lipinski definition) is 0. The van der Waals surface area contributed by atoms with Crippen molar-refractivity contribution in [1.29, 1.82) is 0 Å². The van der Waals surface area contributed by atoms with Gasteiger partial charge in [-0.25, -0.2) is 0 Å². The highest BCUT2D eigenvalue weighted by Crippen LogP contribution is 2.23. The Morgan fingerprint density at radius 1 is 0.667 bits per heavy atom. The molecular formula is C24H19BrO2. The van der Waals surface area contributed by atoms with E-state index in [4.69, 9.17) is 0 Å². The van der Waals surface area contributed by atoms with Crippen LogP contribution in [-0.4, -0.2) is 11.6 Å². The van der Waals surface area contributed by atoms with Crippen LogP contribution in [0.2, 0.25) is 0 Å². The summed E-state index contributed by atoms with van der Waals surface area (Å²) in [6.45, 7) is 3.94. The van der Waals surface area contributed by atoms with Crippen molar-refractivity contribution in [3.05, 3.63) is 111 Å². The number of benzene rings is 3. The van der Waals surface area contributed by atoms with Gasteiger partial charge in [0.15, 0.2) is 11.6 Å². The van der Waals surface area contributed by atoms with Crippen molar-refractivity contribution in [2.24, 2.45) is 0 Å². The minimum absolute atomic E-state index is 0.169. The Bertz CT molecular complexity index is 996. The topological polar surface area (TPSA) is 34.1 Å². The van der Waals surface area contributed by atoms with Crippen LogP contribution in [-0.2, 0) is 0 Å². The van der Waals surface area contributed by atoms with Crippen molar-refractivity contribution in [3.63, 3.8) is 0 Å². The summed E-state index contributed by atoms with van der Waals surface area (Å²) < 4.78 is 0.915. The van der Waals surface area contributed by atoms with Gasteiger partial charge < -0.3 is 0 Å². The number of hydrogen-bond acceptors (Lipinski definition) is 2. The monoisotopic (exact) mass is 418 g/mol. The average Bonchev–Trinajstić information content (AvgIpc) is 2.67. The van der Waals surface area contributed by atoms with Crippen LogP contribution >= 0.6 is 15.9 Å². The summed E-state index contributed by atoms with van der Waals surface area (Å²) in [5.41, 5.74) is 4.38. The van der Waals surface area contributed by atoms with E-state index in [-0.39, 0.29) is 11.6 Å². The fraction of sp³-hybridized carbons (Fsp3) is 0.0833. The number of ketones is 2. The van der Waals surface area contributed by atoms with Crippen LogP contribution in [0.5, 0.6) is 0 Å². The summed E-state index contributed by atoms with van der Waals surface area (Å²) >= 11 is 3.41. The molecule has 3 aromatic rings. The first-order valence-corrected chi connectivity index (χ1v) is 9.43. The van der Waals surface area contributed by atoms with Gasteiger partial charge in [-0.05, 0) is 37.6 Å². The molecule has 0 saturated carbocycles. The normalized spacial score (nSPS) is 11.3. The third-order valence-electron chi connectivity index (χ3n) is 4.33. The van der Waals surface area contributed by atoms with Gasteiger partial charge in [-0.1, -0.05) is 87.7 Å². The maximum atomic E-state index is 13.1. The lowest BCUT2D eigenvalue weighted by atomic mass is 9.94. The van der Waals surface area contributed by atoms with Crippen molar-refractivity contribution in [1.82, 2.24) is 0 Å². The van der Waals surface area contributed by atoms with Crippen molar-refractivity contribution in [2.75, 3.05) is 0 Å². The highest BCUT2D eigenvalue weighted by atomic mass is 79.9. The minimum Gasteiger partial charge on any atom is -0.289 e. The van der Waals surface area contributed by atoms with E-state index >= 15 is 0 Å². The number of carbonyl (C=O) groups is 2. The van der Waals surface area contributed by atoms with Crippen molar-refractivity contribution < 1.29 is 9.59 Å². The van der Waals surface area contributed by atoms with Gasteiger partial charge in [0.25, 0.3) is 0 Å². The molecular weight excluding hydrogens is 400 g/mol. The molecule has 0 spiro atoms. The molecule has 3 heteroatoms. The summed E-state index contributed by atoms with van der Waals surface area (Å²) in [4.78, 5) is 25.9. The van der Waals surface area contributed by atoms with E-state index < -0.39 is 0 Å². The average molecular weight is 419 g/mol. The summed E-state index contributed by atoms with van der Waals surface area (Å²) in [5, 5.41) is 0. The Labute approximate surface area is 167 Å². The predicted octanol–water partition coefficient (Wildman–Crippen LogP) is 6.22. The van der Waals surface area contributed by atoms with E-state index in [2.05, 4.69) is 15.9 Å². The van der Waals surface area contributed by atoms with Crippen molar-refractivity contribution in [3.8, 4) is 0 Å². The number of carbonyl (C=O) groups excluding carboxylic acids is 2. The lowest BCUT2D eigenvalue weighted by Gasteiger charge is -2.08. The molecule has 0 aliphatic heterocycles. The van der Waals surface area contributed by atoms with Gasteiger partial charge in [0, 0.05) is 21.2 Å². The molecule has 134 valence electrons. The van der Waals surface area contributed by atoms with Gasteiger partial charge in [0.05, 0.1) is 0 Å². The smallest absolute Gasteiger partial charge is 0.193 e. The van der Waals surface area contributed by atoms with Gasteiger partial charge in [0.1, 0.15) is 0 Å². The molecule has 0 radical (unpaired) electrons. The first-order chi connectivity index (χ1) is 12.9. The van der Waals surface area contributed by atoms with Gasteiger partial charge in [-0.3, -0.25) is 9.59 Å². The molecule has 2 nitrogen and oxygen atoms in total. The Balaban J connectivity index is 2.05. The van der Waals surface area contributed by atoms with E-state index in [0.717, 1.165) is 15.6 Å². The first-order valence-electron chi connectivity index (χ1n) is 8.64. The number of halogens is 1. The largest absolute Gasteiger partial charge is 0.289 e. The maximum Gasteiger partial charge on any atom is 0.193 e. The van der Waals surface area contributed by atoms with E-state index in [1.54, 1.807) is 24.3 Å². The molecule has 0 atom stereocenters. The Hall–Kier alpha value is -2.78. The van der Waals surface area contributed by atoms with Crippen LogP contribution in [0.3, 0.4) is 0 Å². The molecule has 0 aliphatic rings. The molecule has 0 amide bonds. The molecule has 0 aromatic heterocycles. The summed E-state index contributed by atoms with van der Waals surface area (Å²) in [5.74, 6) is -0.355. The van der Waals surface area contributed by atoms with E-state index in [9.17, 15) is 9.59 Å². The Morgan fingerprint density at radius 2 is 1.11 bits per heavy atom. The van der Waals surface area contributed by atoms with E-state index in [1.165, 1.54) is 6.08 Å². The highest BCUT2D eigenvalue weighted by molar-refractivity contribution is 9.10. The third kappa shape index (κ3) is 4.69. The molecule has 0 N–H and O–H groups in total. The molecule has 0 unspecified atom stereocenters. The van der Waals surface area contributed by atoms with Gasteiger partial charge >= 0.3 is 0 Å². The Morgan fingerprint density at radius 3 is 1.63 bits per heavy atom. The Kier molecular flexibility index (Phi) is 5.82.